The van der Waals surface area contributed by atoms with Gasteiger partial charge in [0.15, 0.2) is 5.13 Å². The van der Waals surface area contributed by atoms with E-state index in [-0.39, 0.29) is 18.4 Å². The first-order chi connectivity index (χ1) is 9.63. The molecule has 6 nitrogen and oxygen atoms in total. The van der Waals surface area contributed by atoms with Crippen LogP contribution >= 0.6 is 11.3 Å². The van der Waals surface area contributed by atoms with E-state index in [0.29, 0.717) is 5.13 Å². The lowest BCUT2D eigenvalue weighted by Gasteiger charge is -2.23. The molecule has 3 N–H and O–H groups in total. The fourth-order valence-corrected chi connectivity index (χ4v) is 3.23. The van der Waals surface area contributed by atoms with Crippen LogP contribution in [0.4, 0.5) is 5.13 Å². The van der Waals surface area contributed by atoms with E-state index in [9.17, 15) is 4.79 Å². The van der Waals surface area contributed by atoms with Gasteiger partial charge in [-0.15, -0.1) is 11.3 Å². The molecular formula is C13H17N5OS. The number of rotatable bonds is 3. The number of hydrogen-bond donors (Lipinski definition) is 2. The number of nitrogens with zero attached hydrogens (tertiary/aromatic N) is 3. The maximum Gasteiger partial charge on any atom is 0.226 e. The Morgan fingerprint density at radius 1 is 1.65 bits per heavy atom. The monoisotopic (exact) mass is 291 g/mol. The first-order valence-electron chi connectivity index (χ1n) is 6.63. The third-order valence-electron chi connectivity index (χ3n) is 3.62. The van der Waals surface area contributed by atoms with Gasteiger partial charge in [-0.3, -0.25) is 9.48 Å². The van der Waals surface area contributed by atoms with Gasteiger partial charge in [-0.1, -0.05) is 0 Å². The van der Waals surface area contributed by atoms with Gasteiger partial charge in [0.25, 0.3) is 0 Å². The number of anilines is 1. The molecule has 3 rings (SSSR count). The van der Waals surface area contributed by atoms with Gasteiger partial charge in [0.1, 0.15) is 0 Å². The lowest BCUT2D eigenvalue weighted by Crippen LogP contribution is -2.32. The third-order valence-corrected chi connectivity index (χ3v) is 4.34. The van der Waals surface area contributed by atoms with Crippen LogP contribution in [0.15, 0.2) is 11.6 Å². The lowest BCUT2D eigenvalue weighted by atomic mass is 9.93. The van der Waals surface area contributed by atoms with E-state index in [1.54, 1.807) is 0 Å². The summed E-state index contributed by atoms with van der Waals surface area (Å²) in [4.78, 5) is 16.2. The molecule has 2 aromatic heterocycles. The van der Waals surface area contributed by atoms with Crippen molar-refractivity contribution in [1.29, 1.82) is 0 Å². The van der Waals surface area contributed by atoms with E-state index in [0.717, 1.165) is 30.5 Å². The van der Waals surface area contributed by atoms with E-state index in [1.165, 1.54) is 17.0 Å². The van der Waals surface area contributed by atoms with Gasteiger partial charge >= 0.3 is 0 Å². The van der Waals surface area contributed by atoms with Crippen molar-refractivity contribution in [3.8, 4) is 0 Å². The molecule has 1 amide bonds. The quantitative estimate of drug-likeness (QED) is 0.889. The van der Waals surface area contributed by atoms with Gasteiger partial charge in [-0.25, -0.2) is 4.98 Å². The van der Waals surface area contributed by atoms with Crippen molar-refractivity contribution in [3.05, 3.63) is 28.5 Å². The van der Waals surface area contributed by atoms with Crippen LogP contribution in [0.2, 0.25) is 0 Å². The molecule has 2 heterocycles. The van der Waals surface area contributed by atoms with Crippen molar-refractivity contribution in [2.24, 2.45) is 7.05 Å². The van der Waals surface area contributed by atoms with Crippen LogP contribution in [0.3, 0.4) is 0 Å². The van der Waals surface area contributed by atoms with E-state index in [4.69, 9.17) is 5.73 Å². The number of thiazole rings is 1. The summed E-state index contributed by atoms with van der Waals surface area (Å²) in [6, 6.07) is 0.0657. The van der Waals surface area contributed by atoms with Gasteiger partial charge in [0, 0.05) is 23.7 Å². The number of carbonyl (C=O) groups excluding carboxylic acids is 1. The van der Waals surface area contributed by atoms with Gasteiger partial charge in [-0.2, -0.15) is 5.10 Å². The van der Waals surface area contributed by atoms with Crippen molar-refractivity contribution in [2.75, 3.05) is 5.73 Å². The number of carbonyl (C=O) groups is 1. The van der Waals surface area contributed by atoms with Gasteiger partial charge < -0.3 is 11.1 Å². The third kappa shape index (κ3) is 2.53. The van der Waals surface area contributed by atoms with E-state index < -0.39 is 0 Å². The summed E-state index contributed by atoms with van der Waals surface area (Å²) in [6.45, 7) is 0. The second kappa shape index (κ2) is 5.24. The van der Waals surface area contributed by atoms with Gasteiger partial charge in [0.05, 0.1) is 24.4 Å². The molecule has 106 valence electrons. The van der Waals surface area contributed by atoms with Crippen molar-refractivity contribution >= 4 is 22.4 Å². The number of aryl methyl sites for hydroxylation is 1. The molecule has 0 saturated carbocycles. The minimum atomic E-state index is -0.0167. The standard InChI is InChI=1S/C13H17N5OS/c1-18-11-4-2-3-10(9(11)6-15-18)17-12(19)5-8-7-20-13(14)16-8/h6-7,10H,2-5H2,1H3,(H2,14,16)(H,17,19). The molecule has 0 bridgehead atoms. The van der Waals surface area contributed by atoms with Crippen molar-refractivity contribution in [2.45, 2.75) is 31.7 Å². The molecule has 0 aliphatic heterocycles. The normalized spacial score (nSPS) is 17.8. The Morgan fingerprint density at radius 3 is 3.25 bits per heavy atom. The number of fused-ring (bicyclic) bond motifs is 1. The number of amides is 1. The van der Waals surface area contributed by atoms with Crippen LogP contribution in [-0.2, 0) is 24.7 Å². The molecule has 1 atom stereocenters. The number of nitrogens with two attached hydrogens (primary N) is 1. The average molecular weight is 291 g/mol. The highest BCUT2D eigenvalue weighted by Gasteiger charge is 2.24. The van der Waals surface area contributed by atoms with E-state index >= 15 is 0 Å². The fraction of sp³-hybridized carbons (Fsp3) is 0.462. The van der Waals surface area contributed by atoms with Crippen LogP contribution in [0.1, 0.15) is 35.8 Å². The zero-order chi connectivity index (χ0) is 14.1. The highest BCUT2D eigenvalue weighted by atomic mass is 32.1. The summed E-state index contributed by atoms with van der Waals surface area (Å²) in [7, 11) is 1.95. The molecule has 0 aromatic carbocycles. The Bertz CT molecular complexity index is 632. The lowest BCUT2D eigenvalue weighted by molar-refractivity contribution is -0.121. The van der Waals surface area contributed by atoms with Crippen molar-refractivity contribution in [3.63, 3.8) is 0 Å². The topological polar surface area (TPSA) is 85.8 Å². The summed E-state index contributed by atoms with van der Waals surface area (Å²) >= 11 is 1.36. The van der Waals surface area contributed by atoms with E-state index in [2.05, 4.69) is 15.4 Å². The first kappa shape index (κ1) is 13.1. The number of hydrogen-bond acceptors (Lipinski definition) is 5. The minimum absolute atomic E-state index is 0.0167. The Kier molecular flexibility index (Phi) is 3.43. The number of nitrogens with one attached hydrogen (secondary N) is 1. The maximum absolute atomic E-state index is 12.1. The summed E-state index contributed by atoms with van der Waals surface area (Å²) in [5.41, 5.74) is 8.66. The molecule has 1 unspecified atom stereocenters. The molecular weight excluding hydrogens is 274 g/mol. The Morgan fingerprint density at radius 2 is 2.50 bits per heavy atom. The Labute approximate surface area is 121 Å². The SMILES string of the molecule is Cn1ncc2c1CCCC2NC(=O)Cc1csc(N)n1. The summed E-state index contributed by atoms with van der Waals surface area (Å²) in [5, 5.41) is 9.68. The minimum Gasteiger partial charge on any atom is -0.375 e. The molecule has 0 fully saturated rings. The smallest absolute Gasteiger partial charge is 0.226 e. The molecule has 20 heavy (non-hydrogen) atoms. The van der Waals surface area contributed by atoms with Crippen LogP contribution < -0.4 is 11.1 Å². The fourth-order valence-electron chi connectivity index (χ4n) is 2.67. The second-order valence-electron chi connectivity index (χ2n) is 5.04. The van der Waals surface area contributed by atoms with Gasteiger partial charge in [0.2, 0.25) is 5.91 Å². The Hall–Kier alpha value is -1.89. The summed E-state index contributed by atoms with van der Waals surface area (Å²) in [6.07, 6.45) is 5.20. The maximum atomic E-state index is 12.1. The molecule has 0 radical (unpaired) electrons. The van der Waals surface area contributed by atoms with Crippen LogP contribution in [0.25, 0.3) is 0 Å². The Balaban J connectivity index is 1.68. The van der Waals surface area contributed by atoms with Gasteiger partial charge in [-0.05, 0) is 19.3 Å². The molecule has 1 aliphatic rings. The number of nitrogen functional groups attached to an aromatic ring is 1. The second-order valence-corrected chi connectivity index (χ2v) is 5.93. The largest absolute Gasteiger partial charge is 0.375 e. The van der Waals surface area contributed by atoms with Crippen LogP contribution in [-0.4, -0.2) is 20.7 Å². The van der Waals surface area contributed by atoms with Crippen LogP contribution in [0.5, 0.6) is 0 Å². The average Bonchev–Trinajstić information content (AvgIpc) is 2.98. The molecule has 0 spiro atoms. The molecule has 0 saturated heterocycles. The molecule has 2 aromatic rings. The number of aromatic nitrogens is 3. The van der Waals surface area contributed by atoms with E-state index in [1.807, 2.05) is 23.3 Å². The highest BCUT2D eigenvalue weighted by Crippen LogP contribution is 2.29. The zero-order valence-electron chi connectivity index (χ0n) is 11.3. The van der Waals surface area contributed by atoms with Crippen molar-refractivity contribution < 1.29 is 4.79 Å². The summed E-state index contributed by atoms with van der Waals surface area (Å²) in [5.74, 6) is -0.0167. The predicted molar refractivity (Wildman–Crippen MR) is 77.3 cm³/mol. The molecule has 1 aliphatic carbocycles. The zero-order valence-corrected chi connectivity index (χ0v) is 12.1. The summed E-state index contributed by atoms with van der Waals surface area (Å²) < 4.78 is 1.90. The molecule has 7 heteroatoms. The van der Waals surface area contributed by atoms with Crippen molar-refractivity contribution in [1.82, 2.24) is 20.1 Å². The predicted octanol–water partition coefficient (Wildman–Crippen LogP) is 1.20. The van der Waals surface area contributed by atoms with Crippen LogP contribution in [0, 0.1) is 0 Å². The highest BCUT2D eigenvalue weighted by molar-refractivity contribution is 7.13. The first-order valence-corrected chi connectivity index (χ1v) is 7.51.